The normalized spacial score (nSPS) is 36.0. The molecule has 3 saturated carbocycles. The van der Waals surface area contributed by atoms with Crippen LogP contribution in [0.5, 0.6) is 0 Å². The van der Waals surface area contributed by atoms with Crippen molar-refractivity contribution >= 4 is 6.09 Å². The van der Waals surface area contributed by atoms with Gasteiger partial charge in [0.05, 0.1) is 25.0 Å². The summed E-state index contributed by atoms with van der Waals surface area (Å²) in [5, 5.41) is 17.9. The molecule has 4 aliphatic rings. The fourth-order valence-electron chi connectivity index (χ4n) is 9.63. The minimum absolute atomic E-state index is 0.101. The number of allylic oxidation sites excluding steroid dienone is 1. The number of carbonyl (C=O) groups excluding carboxylic acids is 1. The van der Waals surface area contributed by atoms with Gasteiger partial charge in [-0.3, -0.25) is 0 Å². The van der Waals surface area contributed by atoms with Gasteiger partial charge in [0, 0.05) is 19.5 Å². The molecule has 0 N–H and O–H groups in total. The van der Waals surface area contributed by atoms with Crippen molar-refractivity contribution in [3.8, 4) is 12.1 Å². The van der Waals surface area contributed by atoms with Crippen molar-refractivity contribution in [1.82, 2.24) is 4.90 Å². The highest BCUT2D eigenvalue weighted by Crippen LogP contribution is 2.67. The van der Waals surface area contributed by atoms with Gasteiger partial charge in [-0.05, 0) is 91.3 Å². The number of fused-ring (bicyclic) bond motifs is 5. The number of nitriles is 2. The van der Waals surface area contributed by atoms with Gasteiger partial charge in [-0.2, -0.15) is 10.5 Å². The van der Waals surface area contributed by atoms with Crippen LogP contribution in [-0.2, 0) is 4.74 Å². The molecular formula is C34H53N3O2. The molecule has 0 aromatic rings. The summed E-state index contributed by atoms with van der Waals surface area (Å²) in [6, 6.07) is 4.20. The summed E-state index contributed by atoms with van der Waals surface area (Å²) in [5.74, 6) is 4.95. The molecule has 0 aliphatic heterocycles. The van der Waals surface area contributed by atoms with Crippen LogP contribution in [0.1, 0.15) is 118 Å². The zero-order valence-electron chi connectivity index (χ0n) is 25.4. The summed E-state index contributed by atoms with van der Waals surface area (Å²) in [6.45, 7) is 13.1. The zero-order chi connectivity index (χ0) is 28.2. The van der Waals surface area contributed by atoms with Crippen LogP contribution in [0.15, 0.2) is 11.6 Å². The molecule has 1 amide bonds. The van der Waals surface area contributed by atoms with Crippen LogP contribution in [-0.4, -0.2) is 30.2 Å². The largest absolute Gasteiger partial charge is 0.446 e. The number of nitrogens with zero attached hydrogens (tertiary/aromatic N) is 3. The fraction of sp³-hybridized carbons (Fsp3) is 0.853. The number of hydrogen-bond donors (Lipinski definition) is 0. The van der Waals surface area contributed by atoms with Gasteiger partial charge >= 0.3 is 6.09 Å². The average Bonchev–Trinajstić information content (AvgIpc) is 3.26. The first-order valence-corrected chi connectivity index (χ1v) is 16.0. The summed E-state index contributed by atoms with van der Waals surface area (Å²) < 4.78 is 5.98. The van der Waals surface area contributed by atoms with Crippen LogP contribution < -0.4 is 0 Å². The third-order valence-corrected chi connectivity index (χ3v) is 11.8. The van der Waals surface area contributed by atoms with E-state index in [9.17, 15) is 4.79 Å². The van der Waals surface area contributed by atoms with Crippen LogP contribution >= 0.6 is 0 Å². The van der Waals surface area contributed by atoms with Crippen LogP contribution in [0.3, 0.4) is 0 Å². The van der Waals surface area contributed by atoms with E-state index in [0.29, 0.717) is 18.5 Å². The number of amides is 1. The molecule has 0 aromatic carbocycles. The molecule has 3 fully saturated rings. The number of ether oxygens (including phenoxy) is 1. The number of rotatable bonds is 10. The molecule has 0 unspecified atom stereocenters. The van der Waals surface area contributed by atoms with Gasteiger partial charge < -0.3 is 9.64 Å². The van der Waals surface area contributed by atoms with Crippen molar-refractivity contribution in [3.05, 3.63) is 11.6 Å². The smallest absolute Gasteiger partial charge is 0.410 e. The molecule has 0 bridgehead atoms. The van der Waals surface area contributed by atoms with Crippen LogP contribution in [0.25, 0.3) is 0 Å². The van der Waals surface area contributed by atoms with Crippen molar-refractivity contribution in [1.29, 1.82) is 10.5 Å². The Hall–Kier alpha value is -2.01. The molecule has 8 atom stereocenters. The minimum Gasteiger partial charge on any atom is -0.446 e. The molecule has 5 nitrogen and oxygen atoms in total. The Morgan fingerprint density at radius 1 is 1.03 bits per heavy atom. The maximum atomic E-state index is 12.9. The Kier molecular flexibility index (Phi) is 9.73. The van der Waals surface area contributed by atoms with E-state index in [1.165, 1.54) is 61.8 Å². The quantitative estimate of drug-likeness (QED) is 0.262. The molecule has 4 rings (SSSR count). The molecule has 0 spiro atoms. The van der Waals surface area contributed by atoms with Crippen LogP contribution in [0.2, 0.25) is 0 Å². The molecule has 0 aromatic heterocycles. The first kappa shape index (κ1) is 30.0. The summed E-state index contributed by atoms with van der Waals surface area (Å²) in [5.41, 5.74) is 2.26. The van der Waals surface area contributed by atoms with E-state index >= 15 is 0 Å². The Morgan fingerprint density at radius 3 is 2.41 bits per heavy atom. The first-order valence-electron chi connectivity index (χ1n) is 16.0. The molecule has 0 radical (unpaired) electrons. The average molecular weight is 536 g/mol. The monoisotopic (exact) mass is 535 g/mol. The van der Waals surface area contributed by atoms with Crippen molar-refractivity contribution in [3.63, 3.8) is 0 Å². The van der Waals surface area contributed by atoms with E-state index in [0.717, 1.165) is 54.8 Å². The van der Waals surface area contributed by atoms with E-state index in [1.807, 2.05) is 0 Å². The predicted molar refractivity (Wildman–Crippen MR) is 155 cm³/mol. The lowest BCUT2D eigenvalue weighted by atomic mass is 9.47. The topological polar surface area (TPSA) is 77.1 Å². The first-order chi connectivity index (χ1) is 18.6. The standard InChI is InChI=1S/C34H53N3O2/c1-24(2)9-6-10-25(3)29-13-14-30-28-12-11-26-23-27(39-32(38)37(21-7-19-35)22-8-20-36)15-17-33(26,4)31(28)16-18-34(29,30)5/h11,24-25,27-31H,6-10,12-18,21-23H2,1-5H3/t25-,27+,28-,29+,30+,31-,33+,34-/m1/s1. The van der Waals surface area contributed by atoms with E-state index < -0.39 is 0 Å². The number of hydrogen-bond acceptors (Lipinski definition) is 4. The highest BCUT2D eigenvalue weighted by molar-refractivity contribution is 5.68. The highest BCUT2D eigenvalue weighted by Gasteiger charge is 2.59. The van der Waals surface area contributed by atoms with Crippen molar-refractivity contribution in [2.75, 3.05) is 13.1 Å². The molecule has 0 saturated heterocycles. The second-order valence-electron chi connectivity index (χ2n) is 14.3. The van der Waals surface area contributed by atoms with Gasteiger partial charge in [-0.25, -0.2) is 4.79 Å². The van der Waals surface area contributed by atoms with Gasteiger partial charge in [-0.15, -0.1) is 0 Å². The van der Waals surface area contributed by atoms with Crippen molar-refractivity contribution in [2.24, 2.45) is 46.3 Å². The molecule has 4 aliphatic carbocycles. The van der Waals surface area contributed by atoms with E-state index in [-0.39, 0.29) is 30.5 Å². The van der Waals surface area contributed by atoms with Gasteiger partial charge in [0.25, 0.3) is 0 Å². The minimum atomic E-state index is -0.365. The summed E-state index contributed by atoms with van der Waals surface area (Å²) in [4.78, 5) is 14.4. The second-order valence-corrected chi connectivity index (χ2v) is 14.3. The molecular weight excluding hydrogens is 482 g/mol. The van der Waals surface area contributed by atoms with E-state index in [4.69, 9.17) is 15.3 Å². The Morgan fingerprint density at radius 2 is 1.74 bits per heavy atom. The van der Waals surface area contributed by atoms with Crippen molar-refractivity contribution < 1.29 is 9.53 Å². The summed E-state index contributed by atoms with van der Waals surface area (Å²) in [6.07, 6.45) is 16.3. The Bertz CT molecular complexity index is 958. The summed E-state index contributed by atoms with van der Waals surface area (Å²) in [7, 11) is 0. The molecule has 5 heteroatoms. The van der Waals surface area contributed by atoms with Crippen LogP contribution in [0.4, 0.5) is 4.79 Å². The van der Waals surface area contributed by atoms with E-state index in [1.54, 1.807) is 0 Å². The predicted octanol–water partition coefficient (Wildman–Crippen LogP) is 8.66. The van der Waals surface area contributed by atoms with Gasteiger partial charge in [-0.1, -0.05) is 65.5 Å². The molecule has 0 heterocycles. The van der Waals surface area contributed by atoms with Crippen molar-refractivity contribution in [2.45, 2.75) is 124 Å². The fourth-order valence-corrected chi connectivity index (χ4v) is 9.63. The lowest BCUT2D eigenvalue weighted by Crippen LogP contribution is -2.51. The van der Waals surface area contributed by atoms with Gasteiger partial charge in [0.15, 0.2) is 0 Å². The molecule has 216 valence electrons. The Labute approximate surface area is 238 Å². The lowest BCUT2D eigenvalue weighted by molar-refractivity contribution is -0.0593. The van der Waals surface area contributed by atoms with Gasteiger partial charge in [0.1, 0.15) is 6.10 Å². The second kappa shape index (κ2) is 12.7. The third kappa shape index (κ3) is 6.19. The SMILES string of the molecule is CC(C)CCC[C@@H](C)[C@@H]1CC[C@H]2[C@H]3CC=C4C[C@@H](OC(=O)N(CCC#N)CCC#N)CC[C@]4(C)[C@@H]3CC[C@@]21C. The maximum absolute atomic E-state index is 12.9. The third-order valence-electron chi connectivity index (χ3n) is 11.8. The lowest BCUT2D eigenvalue weighted by Gasteiger charge is -2.58. The zero-order valence-corrected chi connectivity index (χ0v) is 25.4. The number of carbonyl (C=O) groups is 1. The van der Waals surface area contributed by atoms with E-state index in [2.05, 4.69) is 52.8 Å². The summed E-state index contributed by atoms with van der Waals surface area (Å²) >= 11 is 0. The highest BCUT2D eigenvalue weighted by atomic mass is 16.6. The van der Waals surface area contributed by atoms with Crippen LogP contribution in [0, 0.1) is 69.0 Å². The Balaban J connectivity index is 1.40. The maximum Gasteiger partial charge on any atom is 0.410 e. The van der Waals surface area contributed by atoms with Gasteiger partial charge in [0.2, 0.25) is 0 Å². The molecule has 39 heavy (non-hydrogen) atoms.